The molecule has 2 aromatic rings. The number of aryl methyl sites for hydroxylation is 1. The molecule has 0 unspecified atom stereocenters. The summed E-state index contributed by atoms with van der Waals surface area (Å²) < 4.78 is 6.35. The van der Waals surface area contributed by atoms with Gasteiger partial charge >= 0.3 is 5.63 Å². The van der Waals surface area contributed by atoms with Gasteiger partial charge in [-0.15, -0.1) is 0 Å². The van der Waals surface area contributed by atoms with Crippen molar-refractivity contribution in [3.63, 3.8) is 0 Å². The normalized spacial score (nSPS) is 14.8. The highest BCUT2D eigenvalue weighted by Gasteiger charge is 2.29. The molecular formula is C17H19N3O4. The Bertz CT molecular complexity index is 814. The molecule has 0 spiro atoms. The quantitative estimate of drug-likeness (QED) is 0.822. The summed E-state index contributed by atoms with van der Waals surface area (Å²) in [5.74, 6) is -0.256. The highest BCUT2D eigenvalue weighted by atomic mass is 16.5. The van der Waals surface area contributed by atoms with Crippen molar-refractivity contribution in [2.45, 2.75) is 6.92 Å². The number of aromatic nitrogens is 1. The Morgan fingerprint density at radius 1 is 1.00 bits per heavy atom. The van der Waals surface area contributed by atoms with Crippen molar-refractivity contribution in [3.8, 4) is 11.1 Å². The van der Waals surface area contributed by atoms with Gasteiger partial charge in [-0.05, 0) is 5.56 Å². The zero-order valence-electron chi connectivity index (χ0n) is 13.7. The second-order valence-corrected chi connectivity index (χ2v) is 5.76. The van der Waals surface area contributed by atoms with E-state index < -0.39 is 5.63 Å². The van der Waals surface area contributed by atoms with E-state index in [0.29, 0.717) is 31.7 Å². The minimum absolute atomic E-state index is 0.00258. The third-order valence-electron chi connectivity index (χ3n) is 4.25. The van der Waals surface area contributed by atoms with Crippen LogP contribution in [-0.4, -0.2) is 52.5 Å². The molecule has 126 valence electrons. The largest absolute Gasteiger partial charge is 0.366 e. The van der Waals surface area contributed by atoms with Crippen LogP contribution in [0.3, 0.4) is 0 Å². The Hall–Kier alpha value is -2.83. The van der Waals surface area contributed by atoms with Crippen molar-refractivity contribution < 1.29 is 14.1 Å². The van der Waals surface area contributed by atoms with Gasteiger partial charge in [-0.25, -0.2) is 9.53 Å². The Kier molecular flexibility index (Phi) is 4.24. The summed E-state index contributed by atoms with van der Waals surface area (Å²) >= 11 is 0. The van der Waals surface area contributed by atoms with E-state index in [9.17, 15) is 14.4 Å². The molecule has 3 rings (SSSR count). The summed E-state index contributed by atoms with van der Waals surface area (Å²) in [4.78, 5) is 39.8. The maximum atomic E-state index is 12.9. The predicted molar refractivity (Wildman–Crippen MR) is 87.5 cm³/mol. The number of hydrogen-bond acceptors (Lipinski definition) is 4. The number of nitrogens with zero attached hydrogens (tertiary/aromatic N) is 3. The third-order valence-corrected chi connectivity index (χ3v) is 4.25. The fraction of sp³-hybridized carbons (Fsp3) is 0.353. The Labute approximate surface area is 139 Å². The minimum atomic E-state index is -0.533. The maximum Gasteiger partial charge on any atom is 0.366 e. The average Bonchev–Trinajstić information content (AvgIpc) is 2.89. The summed E-state index contributed by atoms with van der Waals surface area (Å²) in [7, 11) is 1.55. The van der Waals surface area contributed by atoms with Gasteiger partial charge in [0.1, 0.15) is 5.56 Å². The molecule has 0 saturated carbocycles. The zero-order valence-corrected chi connectivity index (χ0v) is 13.7. The lowest BCUT2D eigenvalue weighted by Crippen LogP contribution is -2.50. The van der Waals surface area contributed by atoms with Crippen molar-refractivity contribution >= 4 is 11.8 Å². The van der Waals surface area contributed by atoms with E-state index in [1.807, 2.05) is 18.2 Å². The molecule has 24 heavy (non-hydrogen) atoms. The molecule has 1 saturated heterocycles. The van der Waals surface area contributed by atoms with E-state index in [1.54, 1.807) is 29.0 Å². The van der Waals surface area contributed by atoms with Crippen LogP contribution in [0.15, 0.2) is 39.6 Å². The summed E-state index contributed by atoms with van der Waals surface area (Å²) in [5, 5.41) is 0. The molecule has 2 heterocycles. The topological polar surface area (TPSA) is 75.8 Å². The third kappa shape index (κ3) is 2.84. The van der Waals surface area contributed by atoms with Gasteiger partial charge in [0, 0.05) is 40.2 Å². The summed E-state index contributed by atoms with van der Waals surface area (Å²) in [6.07, 6.45) is 0. The van der Waals surface area contributed by atoms with Gasteiger partial charge in [0.2, 0.25) is 5.91 Å². The first-order valence-corrected chi connectivity index (χ1v) is 7.79. The van der Waals surface area contributed by atoms with Gasteiger partial charge in [-0.1, -0.05) is 30.3 Å². The average molecular weight is 329 g/mol. The number of rotatable bonds is 2. The Balaban J connectivity index is 1.92. The monoisotopic (exact) mass is 329 g/mol. The summed E-state index contributed by atoms with van der Waals surface area (Å²) in [5.41, 5.74) is 0.631. The summed E-state index contributed by atoms with van der Waals surface area (Å²) in [6.45, 7) is 3.38. The van der Waals surface area contributed by atoms with Gasteiger partial charge in [-0.3, -0.25) is 9.59 Å². The smallest absolute Gasteiger partial charge is 0.339 e. The SMILES string of the molecule is CC(=O)N1CCN(C(=O)c2c(-c3ccccc3)c(=O)on2C)CC1. The molecular weight excluding hydrogens is 310 g/mol. The first-order chi connectivity index (χ1) is 11.5. The highest BCUT2D eigenvalue weighted by Crippen LogP contribution is 2.22. The fourth-order valence-electron chi connectivity index (χ4n) is 2.94. The van der Waals surface area contributed by atoms with E-state index in [1.165, 1.54) is 11.7 Å². The fourth-order valence-corrected chi connectivity index (χ4v) is 2.94. The van der Waals surface area contributed by atoms with Crippen molar-refractivity contribution in [1.82, 2.24) is 14.5 Å². The molecule has 1 aromatic heterocycles. The zero-order chi connectivity index (χ0) is 17.3. The van der Waals surface area contributed by atoms with Gasteiger partial charge in [0.05, 0.1) is 0 Å². The van der Waals surface area contributed by atoms with Crippen molar-refractivity contribution in [2.24, 2.45) is 7.05 Å². The van der Waals surface area contributed by atoms with Crippen LogP contribution in [0, 0.1) is 0 Å². The number of amides is 2. The van der Waals surface area contributed by atoms with Crippen molar-refractivity contribution in [1.29, 1.82) is 0 Å². The van der Waals surface area contributed by atoms with Gasteiger partial charge in [0.25, 0.3) is 5.91 Å². The molecule has 0 atom stereocenters. The number of carbonyl (C=O) groups excluding carboxylic acids is 2. The van der Waals surface area contributed by atoms with Crippen LogP contribution < -0.4 is 5.63 Å². The van der Waals surface area contributed by atoms with Crippen LogP contribution in [0.2, 0.25) is 0 Å². The molecule has 1 aliphatic rings. The molecule has 0 N–H and O–H groups in total. The van der Waals surface area contributed by atoms with E-state index in [0.717, 1.165) is 0 Å². The molecule has 1 aliphatic heterocycles. The lowest BCUT2D eigenvalue weighted by atomic mass is 10.1. The van der Waals surface area contributed by atoms with Crippen LogP contribution in [0.5, 0.6) is 0 Å². The Morgan fingerprint density at radius 3 is 2.17 bits per heavy atom. The van der Waals surface area contributed by atoms with Gasteiger partial charge in [-0.2, -0.15) is 0 Å². The lowest BCUT2D eigenvalue weighted by Gasteiger charge is -2.34. The first kappa shape index (κ1) is 16.0. The molecule has 0 aliphatic carbocycles. The van der Waals surface area contributed by atoms with Crippen molar-refractivity contribution in [3.05, 3.63) is 46.4 Å². The second-order valence-electron chi connectivity index (χ2n) is 5.76. The first-order valence-electron chi connectivity index (χ1n) is 7.79. The number of piperazine rings is 1. The molecule has 0 radical (unpaired) electrons. The van der Waals surface area contributed by atoms with E-state index in [-0.39, 0.29) is 23.1 Å². The Morgan fingerprint density at radius 2 is 1.58 bits per heavy atom. The van der Waals surface area contributed by atoms with Crippen LogP contribution in [0.25, 0.3) is 11.1 Å². The van der Waals surface area contributed by atoms with Gasteiger partial charge in [0.15, 0.2) is 5.69 Å². The standard InChI is InChI=1S/C17H19N3O4/c1-12(21)19-8-10-20(11-9-19)16(22)15-14(17(23)24-18(15)2)13-6-4-3-5-7-13/h3-7H,8-11H2,1-2H3. The summed E-state index contributed by atoms with van der Waals surface area (Å²) in [6, 6.07) is 9.01. The molecule has 1 fully saturated rings. The van der Waals surface area contributed by atoms with Crippen LogP contribution in [0.4, 0.5) is 0 Å². The van der Waals surface area contributed by atoms with Crippen LogP contribution in [-0.2, 0) is 11.8 Å². The molecule has 0 bridgehead atoms. The lowest BCUT2D eigenvalue weighted by molar-refractivity contribution is -0.130. The van der Waals surface area contributed by atoms with Gasteiger partial charge < -0.3 is 14.3 Å². The predicted octanol–water partition coefficient (Wildman–Crippen LogP) is 0.950. The second kappa shape index (κ2) is 6.35. The van der Waals surface area contributed by atoms with Crippen LogP contribution in [0.1, 0.15) is 17.4 Å². The highest BCUT2D eigenvalue weighted by molar-refractivity contribution is 5.99. The minimum Gasteiger partial charge on any atom is -0.339 e. The number of carbonyl (C=O) groups is 2. The molecule has 1 aromatic carbocycles. The molecule has 7 heteroatoms. The molecule has 2 amide bonds. The van der Waals surface area contributed by atoms with Crippen LogP contribution >= 0.6 is 0 Å². The van der Waals surface area contributed by atoms with E-state index in [2.05, 4.69) is 0 Å². The van der Waals surface area contributed by atoms with E-state index in [4.69, 9.17) is 4.52 Å². The maximum absolute atomic E-state index is 12.9. The van der Waals surface area contributed by atoms with E-state index >= 15 is 0 Å². The number of hydrogen-bond donors (Lipinski definition) is 0. The van der Waals surface area contributed by atoms with Crippen molar-refractivity contribution in [2.75, 3.05) is 26.2 Å². The molecule has 7 nitrogen and oxygen atoms in total. The number of benzene rings is 1.